The SMILES string of the molecule is NNC(=O)c1ccccc1Nc1ccncc1. The zero-order chi connectivity index (χ0) is 12.1. The third-order valence-corrected chi connectivity index (χ3v) is 2.26. The van der Waals surface area contributed by atoms with Gasteiger partial charge < -0.3 is 5.32 Å². The summed E-state index contributed by atoms with van der Waals surface area (Å²) in [7, 11) is 0. The molecule has 0 saturated carbocycles. The topological polar surface area (TPSA) is 80.0 Å². The summed E-state index contributed by atoms with van der Waals surface area (Å²) in [5, 5.41) is 3.13. The van der Waals surface area contributed by atoms with Gasteiger partial charge in [-0.1, -0.05) is 12.1 Å². The van der Waals surface area contributed by atoms with Gasteiger partial charge in [0.25, 0.3) is 5.91 Å². The van der Waals surface area contributed by atoms with Crippen molar-refractivity contribution in [2.75, 3.05) is 5.32 Å². The minimum absolute atomic E-state index is 0.331. The Morgan fingerprint density at radius 3 is 2.53 bits per heavy atom. The zero-order valence-electron chi connectivity index (χ0n) is 9.05. The van der Waals surface area contributed by atoms with Crippen molar-refractivity contribution in [1.29, 1.82) is 0 Å². The first-order valence-corrected chi connectivity index (χ1v) is 5.08. The van der Waals surface area contributed by atoms with Gasteiger partial charge in [-0.25, -0.2) is 5.84 Å². The average molecular weight is 228 g/mol. The Morgan fingerprint density at radius 1 is 1.12 bits per heavy atom. The number of carbonyl (C=O) groups is 1. The number of hydrogen-bond acceptors (Lipinski definition) is 4. The Bertz CT molecular complexity index is 513. The Labute approximate surface area is 98.6 Å². The zero-order valence-corrected chi connectivity index (χ0v) is 9.05. The third-order valence-electron chi connectivity index (χ3n) is 2.26. The molecular weight excluding hydrogens is 216 g/mol. The summed E-state index contributed by atoms with van der Waals surface area (Å²) < 4.78 is 0. The van der Waals surface area contributed by atoms with Crippen molar-refractivity contribution >= 4 is 17.3 Å². The first kappa shape index (κ1) is 11.1. The lowest BCUT2D eigenvalue weighted by Gasteiger charge is -2.10. The summed E-state index contributed by atoms with van der Waals surface area (Å²) in [6.45, 7) is 0. The Hall–Kier alpha value is -2.40. The summed E-state index contributed by atoms with van der Waals surface area (Å²) >= 11 is 0. The van der Waals surface area contributed by atoms with Gasteiger partial charge in [0.1, 0.15) is 0 Å². The number of nitrogens with one attached hydrogen (secondary N) is 2. The number of nitrogens with two attached hydrogens (primary N) is 1. The van der Waals surface area contributed by atoms with Gasteiger partial charge in [-0.2, -0.15) is 0 Å². The molecule has 1 aromatic carbocycles. The van der Waals surface area contributed by atoms with E-state index in [0.717, 1.165) is 5.69 Å². The minimum Gasteiger partial charge on any atom is -0.355 e. The van der Waals surface area contributed by atoms with E-state index in [1.54, 1.807) is 24.5 Å². The van der Waals surface area contributed by atoms with Crippen LogP contribution in [0.5, 0.6) is 0 Å². The van der Waals surface area contributed by atoms with Crippen molar-refractivity contribution in [3.63, 3.8) is 0 Å². The molecule has 4 N–H and O–H groups in total. The summed E-state index contributed by atoms with van der Waals surface area (Å²) in [6.07, 6.45) is 3.35. The summed E-state index contributed by atoms with van der Waals surface area (Å²) in [6, 6.07) is 10.8. The second-order valence-electron chi connectivity index (χ2n) is 3.38. The Kier molecular flexibility index (Phi) is 3.32. The molecule has 0 fully saturated rings. The van der Waals surface area contributed by atoms with Gasteiger partial charge >= 0.3 is 0 Å². The maximum atomic E-state index is 11.5. The fourth-order valence-electron chi connectivity index (χ4n) is 1.46. The molecule has 0 aliphatic rings. The molecule has 2 aromatic rings. The lowest BCUT2D eigenvalue weighted by atomic mass is 10.1. The highest BCUT2D eigenvalue weighted by Gasteiger charge is 2.08. The average Bonchev–Trinajstić information content (AvgIpc) is 2.40. The van der Waals surface area contributed by atoms with Crippen LogP contribution in [0.1, 0.15) is 10.4 Å². The van der Waals surface area contributed by atoms with Crippen molar-refractivity contribution in [2.45, 2.75) is 0 Å². The first-order chi connectivity index (χ1) is 8.31. The molecule has 1 aromatic heterocycles. The van der Waals surface area contributed by atoms with Crippen molar-refractivity contribution in [3.8, 4) is 0 Å². The number of aromatic nitrogens is 1. The van der Waals surface area contributed by atoms with Crippen molar-refractivity contribution < 1.29 is 4.79 Å². The number of rotatable bonds is 3. The third kappa shape index (κ3) is 2.59. The molecule has 0 aliphatic heterocycles. The molecule has 1 heterocycles. The maximum absolute atomic E-state index is 11.5. The fourth-order valence-corrected chi connectivity index (χ4v) is 1.46. The second kappa shape index (κ2) is 5.09. The number of hydrazine groups is 1. The molecule has 0 unspecified atom stereocenters. The highest BCUT2D eigenvalue weighted by molar-refractivity contribution is 5.99. The van der Waals surface area contributed by atoms with E-state index in [9.17, 15) is 4.79 Å². The predicted octanol–water partition coefficient (Wildman–Crippen LogP) is 1.43. The monoisotopic (exact) mass is 228 g/mol. The van der Waals surface area contributed by atoms with Gasteiger partial charge in [-0.05, 0) is 24.3 Å². The van der Waals surface area contributed by atoms with E-state index in [-0.39, 0.29) is 5.91 Å². The molecule has 0 saturated heterocycles. The summed E-state index contributed by atoms with van der Waals surface area (Å²) in [4.78, 5) is 15.5. The minimum atomic E-state index is -0.331. The molecule has 0 spiro atoms. The lowest BCUT2D eigenvalue weighted by molar-refractivity contribution is 0.0954. The van der Waals surface area contributed by atoms with E-state index in [1.807, 2.05) is 24.3 Å². The summed E-state index contributed by atoms with van der Waals surface area (Å²) in [5.74, 6) is 4.80. The Morgan fingerprint density at radius 2 is 1.82 bits per heavy atom. The van der Waals surface area contributed by atoms with Gasteiger partial charge in [0.15, 0.2) is 0 Å². The number of nitrogen functional groups attached to an aromatic ring is 1. The van der Waals surface area contributed by atoms with Crippen LogP contribution in [-0.2, 0) is 0 Å². The van der Waals surface area contributed by atoms with Crippen molar-refractivity contribution in [3.05, 3.63) is 54.4 Å². The molecule has 86 valence electrons. The van der Waals surface area contributed by atoms with Crippen molar-refractivity contribution in [1.82, 2.24) is 10.4 Å². The predicted molar refractivity (Wildman–Crippen MR) is 65.6 cm³/mol. The molecule has 0 atom stereocenters. The van der Waals surface area contributed by atoms with Gasteiger partial charge in [-0.15, -0.1) is 0 Å². The first-order valence-electron chi connectivity index (χ1n) is 5.08. The van der Waals surface area contributed by atoms with E-state index in [4.69, 9.17) is 5.84 Å². The van der Waals surface area contributed by atoms with Crippen LogP contribution in [0.3, 0.4) is 0 Å². The largest absolute Gasteiger partial charge is 0.355 e. The standard InChI is InChI=1S/C12H12N4O/c13-16-12(17)10-3-1-2-4-11(10)15-9-5-7-14-8-6-9/h1-8H,13H2,(H,14,15)(H,16,17). The molecule has 0 radical (unpaired) electrons. The van der Waals surface area contributed by atoms with E-state index >= 15 is 0 Å². The van der Waals surface area contributed by atoms with Crippen LogP contribution in [0.4, 0.5) is 11.4 Å². The van der Waals surface area contributed by atoms with Gasteiger partial charge in [-0.3, -0.25) is 15.2 Å². The van der Waals surface area contributed by atoms with Gasteiger partial charge in [0.2, 0.25) is 0 Å². The van der Waals surface area contributed by atoms with Crippen molar-refractivity contribution in [2.24, 2.45) is 5.84 Å². The normalized spacial score (nSPS) is 9.71. The number of hydrogen-bond donors (Lipinski definition) is 3. The number of amides is 1. The van der Waals surface area contributed by atoms with Crippen LogP contribution >= 0.6 is 0 Å². The van der Waals surface area contributed by atoms with Crippen LogP contribution in [0, 0.1) is 0 Å². The number of para-hydroxylation sites is 1. The molecule has 0 bridgehead atoms. The van der Waals surface area contributed by atoms with Crippen LogP contribution in [-0.4, -0.2) is 10.9 Å². The number of carbonyl (C=O) groups excluding carboxylic acids is 1. The van der Waals surface area contributed by atoms with Gasteiger partial charge in [0, 0.05) is 18.1 Å². The quantitative estimate of drug-likeness (QED) is 0.422. The molecular formula is C12H12N4O. The molecule has 0 aliphatic carbocycles. The van der Waals surface area contributed by atoms with E-state index in [1.165, 1.54) is 0 Å². The van der Waals surface area contributed by atoms with E-state index < -0.39 is 0 Å². The highest BCUT2D eigenvalue weighted by Crippen LogP contribution is 2.19. The van der Waals surface area contributed by atoms with Crippen LogP contribution < -0.4 is 16.6 Å². The van der Waals surface area contributed by atoms with Crippen LogP contribution in [0.2, 0.25) is 0 Å². The highest BCUT2D eigenvalue weighted by atomic mass is 16.2. The van der Waals surface area contributed by atoms with Gasteiger partial charge in [0.05, 0.1) is 11.3 Å². The number of nitrogens with zero attached hydrogens (tertiary/aromatic N) is 1. The molecule has 2 rings (SSSR count). The number of benzene rings is 1. The van der Waals surface area contributed by atoms with E-state index in [0.29, 0.717) is 11.3 Å². The molecule has 1 amide bonds. The lowest BCUT2D eigenvalue weighted by Crippen LogP contribution is -2.30. The number of pyridine rings is 1. The van der Waals surface area contributed by atoms with Crippen LogP contribution in [0.25, 0.3) is 0 Å². The maximum Gasteiger partial charge on any atom is 0.267 e. The second-order valence-corrected chi connectivity index (χ2v) is 3.38. The molecule has 5 nitrogen and oxygen atoms in total. The summed E-state index contributed by atoms with van der Waals surface area (Å²) in [5.41, 5.74) is 4.16. The van der Waals surface area contributed by atoms with Crippen LogP contribution in [0.15, 0.2) is 48.8 Å². The molecule has 5 heteroatoms. The van der Waals surface area contributed by atoms with E-state index in [2.05, 4.69) is 15.7 Å². The fraction of sp³-hybridized carbons (Fsp3) is 0. The smallest absolute Gasteiger partial charge is 0.267 e. The Balaban J connectivity index is 2.30. The molecule has 17 heavy (non-hydrogen) atoms. The number of anilines is 2.